The Balaban J connectivity index is 1.44. The minimum atomic E-state index is -0.324. The molecule has 0 saturated heterocycles. The lowest BCUT2D eigenvalue weighted by atomic mass is 9.81. The van der Waals surface area contributed by atoms with E-state index < -0.39 is 0 Å². The van der Waals surface area contributed by atoms with Gasteiger partial charge in [0.1, 0.15) is 5.82 Å². The maximum atomic E-state index is 15.0. The van der Waals surface area contributed by atoms with Crippen molar-refractivity contribution in [1.82, 2.24) is 15.5 Å². The molecule has 1 aliphatic rings. The van der Waals surface area contributed by atoms with Crippen molar-refractivity contribution >= 4 is 22.6 Å². The molecule has 6 nitrogen and oxygen atoms in total. The quantitative estimate of drug-likeness (QED) is 0.291. The number of carbonyl (C=O) groups excluding carboxylic acids is 1. The number of aromatic nitrogens is 2. The van der Waals surface area contributed by atoms with Crippen LogP contribution in [0.1, 0.15) is 42.9 Å². The number of carbonyl (C=O) groups is 1. The Morgan fingerprint density at radius 1 is 1.06 bits per heavy atom. The van der Waals surface area contributed by atoms with Crippen LogP contribution in [0, 0.1) is 17.7 Å². The predicted molar refractivity (Wildman–Crippen MR) is 141 cm³/mol. The average Bonchev–Trinajstić information content (AvgIpc) is 3.29. The number of rotatable bonds is 7. The van der Waals surface area contributed by atoms with Crippen LogP contribution in [0.2, 0.25) is 0 Å². The highest BCUT2D eigenvalue weighted by Crippen LogP contribution is 2.32. The first-order chi connectivity index (χ1) is 17.5. The number of hydrogen-bond acceptors (Lipinski definition) is 4. The molecule has 1 unspecified atom stereocenters. The molecule has 1 heterocycles. The summed E-state index contributed by atoms with van der Waals surface area (Å²) < 4.78 is 15.0. The largest absolute Gasteiger partial charge is 0.382 e. The number of anilines is 1. The summed E-state index contributed by atoms with van der Waals surface area (Å²) >= 11 is 0. The number of nitrogens with one attached hydrogen (secondary N) is 2. The molecule has 3 aromatic carbocycles. The fourth-order valence-electron chi connectivity index (χ4n) is 5.24. The molecule has 1 aliphatic carbocycles. The number of amides is 1. The van der Waals surface area contributed by atoms with E-state index in [4.69, 9.17) is 11.5 Å². The van der Waals surface area contributed by atoms with Gasteiger partial charge in [-0.3, -0.25) is 9.89 Å². The van der Waals surface area contributed by atoms with E-state index >= 15 is 4.39 Å². The van der Waals surface area contributed by atoms with E-state index in [0.29, 0.717) is 30.3 Å². The minimum Gasteiger partial charge on any atom is -0.382 e. The Kier molecular flexibility index (Phi) is 7.00. The summed E-state index contributed by atoms with van der Waals surface area (Å²) in [6.45, 7) is 0.681. The molecular weight excluding hydrogens is 453 g/mol. The zero-order valence-electron chi connectivity index (χ0n) is 20.2. The summed E-state index contributed by atoms with van der Waals surface area (Å²) in [7, 11) is 0. The van der Waals surface area contributed by atoms with Gasteiger partial charge in [0, 0.05) is 16.9 Å². The van der Waals surface area contributed by atoms with Crippen molar-refractivity contribution in [1.29, 1.82) is 0 Å². The molecule has 36 heavy (non-hydrogen) atoms. The molecule has 186 valence electrons. The molecular formula is C29H32FN5O. The monoisotopic (exact) mass is 485 g/mol. The highest BCUT2D eigenvalue weighted by molar-refractivity contribution is 5.91. The Hall–Kier alpha value is -3.71. The first-order valence-electron chi connectivity index (χ1n) is 12.6. The number of nitrogen functional groups attached to an aromatic ring is 1. The van der Waals surface area contributed by atoms with Crippen LogP contribution in [0.5, 0.6) is 0 Å². The molecule has 1 aromatic heterocycles. The van der Waals surface area contributed by atoms with Gasteiger partial charge in [0.05, 0.1) is 11.6 Å². The van der Waals surface area contributed by atoms with Gasteiger partial charge in [-0.1, -0.05) is 42.5 Å². The third-order valence-corrected chi connectivity index (χ3v) is 7.45. The summed E-state index contributed by atoms with van der Waals surface area (Å²) in [5, 5.41) is 11.0. The average molecular weight is 486 g/mol. The van der Waals surface area contributed by atoms with Gasteiger partial charge < -0.3 is 16.8 Å². The van der Waals surface area contributed by atoms with Crippen LogP contribution in [0.4, 0.5) is 10.2 Å². The molecule has 0 radical (unpaired) electrons. The molecule has 0 spiro atoms. The molecule has 6 N–H and O–H groups in total. The van der Waals surface area contributed by atoms with Crippen LogP contribution >= 0.6 is 0 Å². The van der Waals surface area contributed by atoms with E-state index in [0.717, 1.165) is 53.3 Å². The SMILES string of the molecule is NCC1CCC(C(=O)NC(Cc2ccccc2)c2ccc(F)c(-c3ccc4c(N)n[nH]c4c3)c2)CC1. The second-order valence-electron chi connectivity index (χ2n) is 9.81. The molecule has 1 saturated carbocycles. The molecule has 0 aliphatic heterocycles. The highest BCUT2D eigenvalue weighted by Gasteiger charge is 2.28. The van der Waals surface area contributed by atoms with Gasteiger partial charge >= 0.3 is 0 Å². The van der Waals surface area contributed by atoms with Crippen LogP contribution in [0.15, 0.2) is 66.7 Å². The summed E-state index contributed by atoms with van der Waals surface area (Å²) in [5.41, 5.74) is 15.6. The molecule has 4 aromatic rings. The molecule has 1 fully saturated rings. The molecule has 5 rings (SSSR count). The standard InChI is InChI=1S/C29H32FN5O/c30-25-13-11-22(15-24(25)21-10-12-23-27(16-21)34-35-28(23)32)26(14-18-4-2-1-3-5-18)33-29(36)20-8-6-19(17-31)7-9-20/h1-5,10-13,15-16,19-20,26H,6-9,14,17,31H2,(H,33,36)(H3,32,34,35). The second-order valence-corrected chi connectivity index (χ2v) is 9.81. The van der Waals surface area contributed by atoms with Gasteiger partial charge in [0.2, 0.25) is 5.91 Å². The van der Waals surface area contributed by atoms with Crippen molar-refractivity contribution in [3.05, 3.63) is 83.7 Å². The maximum Gasteiger partial charge on any atom is 0.223 e. The van der Waals surface area contributed by atoms with Gasteiger partial charge in [-0.25, -0.2) is 4.39 Å². The number of aromatic amines is 1. The lowest BCUT2D eigenvalue weighted by Gasteiger charge is -2.29. The lowest BCUT2D eigenvalue weighted by molar-refractivity contribution is -0.127. The lowest BCUT2D eigenvalue weighted by Crippen LogP contribution is -2.37. The number of nitrogens with zero attached hydrogens (tertiary/aromatic N) is 1. The van der Waals surface area contributed by atoms with Crippen molar-refractivity contribution in [3.63, 3.8) is 0 Å². The van der Waals surface area contributed by atoms with Crippen molar-refractivity contribution in [3.8, 4) is 11.1 Å². The number of nitrogens with two attached hydrogens (primary N) is 2. The fourth-order valence-corrected chi connectivity index (χ4v) is 5.24. The van der Waals surface area contributed by atoms with E-state index in [-0.39, 0.29) is 23.7 Å². The Morgan fingerprint density at radius 2 is 1.83 bits per heavy atom. The normalized spacial score (nSPS) is 18.7. The van der Waals surface area contributed by atoms with Gasteiger partial charge in [-0.15, -0.1) is 0 Å². The minimum absolute atomic E-state index is 0.0146. The maximum absolute atomic E-state index is 15.0. The summed E-state index contributed by atoms with van der Waals surface area (Å²) in [4.78, 5) is 13.3. The number of fused-ring (bicyclic) bond motifs is 1. The molecule has 1 atom stereocenters. The van der Waals surface area contributed by atoms with E-state index in [2.05, 4.69) is 15.5 Å². The Bertz CT molecular complexity index is 1340. The predicted octanol–water partition coefficient (Wildman–Crippen LogP) is 5.12. The fraction of sp³-hybridized carbons (Fsp3) is 0.310. The number of halogens is 1. The topological polar surface area (TPSA) is 110 Å². The highest BCUT2D eigenvalue weighted by atomic mass is 19.1. The molecule has 7 heteroatoms. The van der Waals surface area contributed by atoms with Crippen LogP contribution < -0.4 is 16.8 Å². The number of benzene rings is 3. The van der Waals surface area contributed by atoms with Crippen molar-refractivity contribution < 1.29 is 9.18 Å². The van der Waals surface area contributed by atoms with E-state index in [1.54, 1.807) is 6.07 Å². The van der Waals surface area contributed by atoms with Gasteiger partial charge in [-0.05, 0) is 85.5 Å². The zero-order chi connectivity index (χ0) is 25.1. The van der Waals surface area contributed by atoms with Gasteiger partial charge in [0.25, 0.3) is 0 Å². The van der Waals surface area contributed by atoms with Crippen molar-refractivity contribution in [2.24, 2.45) is 17.6 Å². The summed E-state index contributed by atoms with van der Waals surface area (Å²) in [6, 6.07) is 20.4. The smallest absolute Gasteiger partial charge is 0.223 e. The van der Waals surface area contributed by atoms with Crippen LogP contribution in [-0.2, 0) is 11.2 Å². The van der Waals surface area contributed by atoms with Crippen LogP contribution in [0.3, 0.4) is 0 Å². The third kappa shape index (κ3) is 5.11. The summed E-state index contributed by atoms with van der Waals surface area (Å²) in [6.07, 6.45) is 4.30. The third-order valence-electron chi connectivity index (χ3n) is 7.45. The van der Waals surface area contributed by atoms with Crippen molar-refractivity contribution in [2.75, 3.05) is 12.3 Å². The molecule has 1 amide bonds. The zero-order valence-corrected chi connectivity index (χ0v) is 20.2. The first kappa shape index (κ1) is 24.0. The van der Waals surface area contributed by atoms with Crippen LogP contribution in [-0.4, -0.2) is 22.6 Å². The number of H-pyrrole nitrogens is 1. The van der Waals surface area contributed by atoms with E-state index in [1.165, 1.54) is 6.07 Å². The van der Waals surface area contributed by atoms with E-state index in [1.807, 2.05) is 54.6 Å². The van der Waals surface area contributed by atoms with E-state index in [9.17, 15) is 4.79 Å². The number of hydrogen-bond donors (Lipinski definition) is 4. The van der Waals surface area contributed by atoms with Crippen molar-refractivity contribution in [2.45, 2.75) is 38.1 Å². The van der Waals surface area contributed by atoms with Crippen LogP contribution in [0.25, 0.3) is 22.0 Å². The van der Waals surface area contributed by atoms with Gasteiger partial charge in [0.15, 0.2) is 5.82 Å². The first-order valence-corrected chi connectivity index (χ1v) is 12.6. The summed E-state index contributed by atoms with van der Waals surface area (Å²) in [5.74, 6) is 0.648. The Labute approximate surface area is 210 Å². The second kappa shape index (κ2) is 10.5. The Morgan fingerprint density at radius 3 is 2.58 bits per heavy atom. The molecule has 0 bridgehead atoms. The van der Waals surface area contributed by atoms with Gasteiger partial charge in [-0.2, -0.15) is 5.10 Å².